The van der Waals surface area contributed by atoms with Crippen LogP contribution in [-0.4, -0.2) is 67.0 Å². The standard InChI is InChI=1S/C6H10O8.Mn/c7-1(3(9)5(11)12)2(8)4(10)6(13)14;/h1-4,7-10H,(H,11,12)(H,13,14);/t1-,2-,3-,4+;/m0./s1. The summed E-state index contributed by atoms with van der Waals surface area (Å²) in [5.41, 5.74) is 0. The zero-order chi connectivity index (χ0) is 11.5. The van der Waals surface area contributed by atoms with Crippen LogP contribution in [0.3, 0.4) is 0 Å². The zero-order valence-corrected chi connectivity index (χ0v) is 8.37. The van der Waals surface area contributed by atoms with Crippen molar-refractivity contribution in [1.82, 2.24) is 0 Å². The summed E-state index contributed by atoms with van der Waals surface area (Å²) in [6.45, 7) is 0. The maximum atomic E-state index is 10.1. The molecule has 0 bridgehead atoms. The van der Waals surface area contributed by atoms with Crippen LogP contribution in [-0.2, 0) is 26.7 Å². The van der Waals surface area contributed by atoms with Gasteiger partial charge in [-0.1, -0.05) is 0 Å². The Balaban J connectivity index is 0. The first-order valence-corrected chi connectivity index (χ1v) is 3.47. The Bertz CT molecular complexity index is 207. The molecule has 0 aliphatic carbocycles. The van der Waals surface area contributed by atoms with Gasteiger partial charge in [0.15, 0.2) is 12.2 Å². The molecule has 0 aromatic rings. The maximum absolute atomic E-state index is 10.1. The first-order valence-electron chi connectivity index (χ1n) is 3.47. The fourth-order valence-electron chi connectivity index (χ4n) is 0.666. The molecule has 0 spiro atoms. The fraction of sp³-hybridized carbons (Fsp3) is 0.667. The van der Waals surface area contributed by atoms with Crippen molar-refractivity contribution in [2.75, 3.05) is 0 Å². The average Bonchev–Trinajstić information content (AvgIpc) is 2.12. The molecule has 0 amide bonds. The summed E-state index contributed by atoms with van der Waals surface area (Å²) in [5.74, 6) is -3.68. The summed E-state index contributed by atoms with van der Waals surface area (Å²) in [4.78, 5) is 20.2. The van der Waals surface area contributed by atoms with Crippen LogP contribution in [0, 0.1) is 0 Å². The van der Waals surface area contributed by atoms with Gasteiger partial charge >= 0.3 is 11.9 Å². The van der Waals surface area contributed by atoms with Crippen LogP contribution < -0.4 is 0 Å². The molecule has 4 atom stereocenters. The number of rotatable bonds is 5. The van der Waals surface area contributed by atoms with E-state index >= 15 is 0 Å². The molecule has 0 saturated carbocycles. The Morgan fingerprint density at radius 2 is 0.933 bits per heavy atom. The summed E-state index contributed by atoms with van der Waals surface area (Å²) in [6.07, 6.45) is -9.28. The smallest absolute Gasteiger partial charge is 0.335 e. The van der Waals surface area contributed by atoms with E-state index < -0.39 is 36.4 Å². The summed E-state index contributed by atoms with van der Waals surface area (Å²) < 4.78 is 0. The first kappa shape index (κ1) is 16.7. The molecular formula is C6H10MnO8. The fourth-order valence-corrected chi connectivity index (χ4v) is 0.666. The van der Waals surface area contributed by atoms with E-state index in [9.17, 15) is 9.59 Å². The third kappa shape index (κ3) is 4.56. The zero-order valence-electron chi connectivity index (χ0n) is 7.19. The van der Waals surface area contributed by atoms with Crippen LogP contribution in [0.15, 0.2) is 0 Å². The van der Waals surface area contributed by atoms with E-state index in [-0.39, 0.29) is 17.1 Å². The number of carbonyl (C=O) groups is 2. The Kier molecular flexibility index (Phi) is 7.49. The number of aliphatic hydroxyl groups excluding tert-OH is 4. The van der Waals surface area contributed by atoms with E-state index in [1.807, 2.05) is 0 Å². The summed E-state index contributed by atoms with van der Waals surface area (Å²) in [7, 11) is 0. The van der Waals surface area contributed by atoms with Crippen molar-refractivity contribution in [2.24, 2.45) is 0 Å². The summed E-state index contributed by atoms with van der Waals surface area (Å²) >= 11 is 0. The Hall–Kier alpha value is -0.701. The summed E-state index contributed by atoms with van der Waals surface area (Å²) in [5, 5.41) is 51.5. The van der Waals surface area contributed by atoms with Gasteiger partial charge in [-0.2, -0.15) is 0 Å². The molecular weight excluding hydrogens is 255 g/mol. The number of aliphatic hydroxyl groups is 4. The molecule has 0 aromatic heterocycles. The molecule has 89 valence electrons. The van der Waals surface area contributed by atoms with Gasteiger partial charge in [-0.15, -0.1) is 0 Å². The first-order chi connectivity index (χ1) is 6.29. The number of carboxylic acid groups (broad SMARTS) is 2. The molecule has 0 heterocycles. The predicted octanol–water partition coefficient (Wildman–Crippen LogP) is -3.40. The molecule has 6 N–H and O–H groups in total. The van der Waals surface area contributed by atoms with Crippen molar-refractivity contribution < 1.29 is 57.3 Å². The maximum Gasteiger partial charge on any atom is 0.335 e. The molecule has 0 unspecified atom stereocenters. The predicted molar refractivity (Wildman–Crippen MR) is 39.3 cm³/mol. The minimum Gasteiger partial charge on any atom is -0.479 e. The van der Waals surface area contributed by atoms with Crippen LogP contribution in [0.4, 0.5) is 0 Å². The van der Waals surface area contributed by atoms with Gasteiger partial charge in [-0.05, 0) is 0 Å². The normalized spacial score (nSPS) is 18.1. The number of hydrogen-bond donors (Lipinski definition) is 6. The van der Waals surface area contributed by atoms with E-state index in [0.717, 1.165) is 0 Å². The molecule has 1 radical (unpaired) electrons. The largest absolute Gasteiger partial charge is 0.479 e. The molecule has 0 aromatic carbocycles. The number of carboxylic acids is 2. The number of aliphatic carboxylic acids is 2. The number of hydrogen-bond acceptors (Lipinski definition) is 6. The Morgan fingerprint density at radius 1 is 0.733 bits per heavy atom. The SMILES string of the molecule is O=C(O)[C@@H](O)[C@@H](O)[C@H](O)[C@@H](O)C(=O)O.[Mn]. The Labute approximate surface area is 94.2 Å². The Morgan fingerprint density at radius 3 is 1.07 bits per heavy atom. The van der Waals surface area contributed by atoms with Gasteiger partial charge < -0.3 is 30.6 Å². The van der Waals surface area contributed by atoms with Crippen LogP contribution in [0.1, 0.15) is 0 Å². The van der Waals surface area contributed by atoms with Gasteiger partial charge in [0.05, 0.1) is 0 Å². The monoisotopic (exact) mass is 265 g/mol. The van der Waals surface area contributed by atoms with E-state index in [1.165, 1.54) is 0 Å². The van der Waals surface area contributed by atoms with Crippen molar-refractivity contribution in [3.8, 4) is 0 Å². The van der Waals surface area contributed by atoms with Crippen molar-refractivity contribution in [3.63, 3.8) is 0 Å². The van der Waals surface area contributed by atoms with E-state index in [4.69, 9.17) is 30.6 Å². The minimum absolute atomic E-state index is 0. The van der Waals surface area contributed by atoms with E-state index in [1.54, 1.807) is 0 Å². The molecule has 0 aliphatic heterocycles. The summed E-state index contributed by atoms with van der Waals surface area (Å²) in [6, 6.07) is 0. The molecule has 9 heteroatoms. The quantitative estimate of drug-likeness (QED) is 0.281. The minimum atomic E-state index is -2.36. The third-order valence-electron chi connectivity index (χ3n) is 1.50. The van der Waals surface area contributed by atoms with Gasteiger partial charge in [0.1, 0.15) is 12.2 Å². The van der Waals surface area contributed by atoms with Crippen LogP contribution in [0.25, 0.3) is 0 Å². The van der Waals surface area contributed by atoms with Crippen LogP contribution in [0.5, 0.6) is 0 Å². The third-order valence-corrected chi connectivity index (χ3v) is 1.50. The average molecular weight is 265 g/mol. The second kappa shape index (κ2) is 6.72. The van der Waals surface area contributed by atoms with Gasteiger partial charge in [-0.25, -0.2) is 9.59 Å². The molecule has 0 saturated heterocycles. The second-order valence-electron chi connectivity index (χ2n) is 2.55. The van der Waals surface area contributed by atoms with Gasteiger partial charge in [-0.3, -0.25) is 0 Å². The van der Waals surface area contributed by atoms with E-state index in [0.29, 0.717) is 0 Å². The van der Waals surface area contributed by atoms with Gasteiger partial charge in [0, 0.05) is 17.1 Å². The van der Waals surface area contributed by atoms with Crippen LogP contribution >= 0.6 is 0 Å². The van der Waals surface area contributed by atoms with Crippen molar-refractivity contribution in [2.45, 2.75) is 24.4 Å². The van der Waals surface area contributed by atoms with Crippen molar-refractivity contribution >= 4 is 11.9 Å². The molecule has 0 fully saturated rings. The molecule has 0 aliphatic rings. The molecule has 0 rings (SSSR count). The van der Waals surface area contributed by atoms with Gasteiger partial charge in [0.25, 0.3) is 0 Å². The van der Waals surface area contributed by atoms with Crippen molar-refractivity contribution in [3.05, 3.63) is 0 Å². The van der Waals surface area contributed by atoms with Crippen LogP contribution in [0.2, 0.25) is 0 Å². The second-order valence-corrected chi connectivity index (χ2v) is 2.55. The molecule has 8 nitrogen and oxygen atoms in total. The molecule has 15 heavy (non-hydrogen) atoms. The van der Waals surface area contributed by atoms with E-state index in [2.05, 4.69) is 0 Å². The van der Waals surface area contributed by atoms with Crippen molar-refractivity contribution in [1.29, 1.82) is 0 Å². The topological polar surface area (TPSA) is 156 Å². The van der Waals surface area contributed by atoms with Gasteiger partial charge in [0.2, 0.25) is 0 Å².